The molecule has 0 saturated carbocycles. The van der Waals surface area contributed by atoms with Gasteiger partial charge in [-0.25, -0.2) is 4.39 Å². The first-order chi connectivity index (χ1) is 8.90. The maximum absolute atomic E-state index is 13.1. The van der Waals surface area contributed by atoms with E-state index in [9.17, 15) is 19.1 Å². The number of carbonyl (C=O) groups is 2. The number of aromatic hydroxyl groups is 1. The number of benzene rings is 1. The lowest BCUT2D eigenvalue weighted by molar-refractivity contribution is -0.142. The number of phenolic OH excluding ortho intramolecular Hbond substituents is 1. The summed E-state index contributed by atoms with van der Waals surface area (Å²) in [5.74, 6) is -3.23. The fourth-order valence-electron chi connectivity index (χ4n) is 2.30. The van der Waals surface area contributed by atoms with Crippen molar-refractivity contribution in [1.29, 1.82) is 0 Å². The summed E-state index contributed by atoms with van der Waals surface area (Å²) in [4.78, 5) is 24.5. The molecule has 102 valence electrons. The summed E-state index contributed by atoms with van der Waals surface area (Å²) >= 11 is 0. The Balaban J connectivity index is 2.22. The highest BCUT2D eigenvalue weighted by molar-refractivity contribution is 5.97. The van der Waals surface area contributed by atoms with Crippen LogP contribution in [0.3, 0.4) is 0 Å². The molecule has 0 aromatic heterocycles. The molecule has 2 rings (SSSR count). The van der Waals surface area contributed by atoms with E-state index in [4.69, 9.17) is 5.11 Å². The van der Waals surface area contributed by atoms with Crippen molar-refractivity contribution in [2.24, 2.45) is 11.8 Å². The van der Waals surface area contributed by atoms with Gasteiger partial charge in [-0.05, 0) is 24.1 Å². The van der Waals surface area contributed by atoms with E-state index >= 15 is 0 Å². The zero-order valence-corrected chi connectivity index (χ0v) is 10.3. The summed E-state index contributed by atoms with van der Waals surface area (Å²) in [5, 5.41) is 18.6. The second kappa shape index (κ2) is 4.87. The zero-order valence-electron chi connectivity index (χ0n) is 10.3. The number of carboxylic acid groups (broad SMARTS) is 1. The number of hydrogen-bond acceptors (Lipinski definition) is 3. The van der Waals surface area contributed by atoms with Gasteiger partial charge in [0.05, 0.1) is 11.5 Å². The normalized spacial score (nSPS) is 22.5. The molecule has 1 aliphatic rings. The molecule has 1 saturated heterocycles. The average molecular weight is 267 g/mol. The molecule has 1 amide bonds. The third-order valence-corrected chi connectivity index (χ3v) is 3.41. The lowest BCUT2D eigenvalue weighted by atomic mass is 9.99. The monoisotopic (exact) mass is 267 g/mol. The van der Waals surface area contributed by atoms with E-state index in [1.54, 1.807) is 6.92 Å². The molecule has 1 aliphatic heterocycles. The first kappa shape index (κ1) is 13.3. The molecule has 0 bridgehead atoms. The Morgan fingerprint density at radius 1 is 1.37 bits per heavy atom. The molecule has 1 fully saturated rings. The predicted octanol–water partition coefficient (Wildman–Crippen LogP) is 1.32. The molecule has 19 heavy (non-hydrogen) atoms. The molecule has 1 aromatic rings. The Kier molecular flexibility index (Phi) is 3.42. The third-order valence-electron chi connectivity index (χ3n) is 3.41. The van der Waals surface area contributed by atoms with Crippen molar-refractivity contribution < 1.29 is 24.2 Å². The van der Waals surface area contributed by atoms with Crippen molar-refractivity contribution in [3.63, 3.8) is 0 Å². The lowest BCUT2D eigenvalue weighted by Gasteiger charge is -2.16. The number of aliphatic carboxylic acids is 1. The van der Waals surface area contributed by atoms with E-state index in [2.05, 4.69) is 0 Å². The topological polar surface area (TPSA) is 77.8 Å². The van der Waals surface area contributed by atoms with E-state index in [1.807, 2.05) is 0 Å². The van der Waals surface area contributed by atoms with Crippen LogP contribution in [-0.4, -0.2) is 40.1 Å². The molecule has 0 spiro atoms. The van der Waals surface area contributed by atoms with Gasteiger partial charge in [-0.15, -0.1) is 0 Å². The van der Waals surface area contributed by atoms with Crippen LogP contribution in [0, 0.1) is 17.7 Å². The van der Waals surface area contributed by atoms with Gasteiger partial charge in [0, 0.05) is 13.1 Å². The number of nitrogens with zero attached hydrogens (tertiary/aromatic N) is 1. The maximum Gasteiger partial charge on any atom is 0.308 e. The van der Waals surface area contributed by atoms with E-state index in [1.165, 1.54) is 4.90 Å². The number of likely N-dealkylation sites (tertiary alicyclic amines) is 1. The smallest absolute Gasteiger partial charge is 0.308 e. The minimum Gasteiger partial charge on any atom is -0.507 e. The van der Waals surface area contributed by atoms with Gasteiger partial charge in [0.1, 0.15) is 11.6 Å². The Morgan fingerprint density at radius 2 is 2.05 bits per heavy atom. The standard InChI is InChI=1S/C13H14FNO4/c1-7-5-15(6-10(7)13(18)19)12(17)9-4-8(14)2-3-11(9)16/h2-4,7,10,16H,5-6H2,1H3,(H,18,19). The summed E-state index contributed by atoms with van der Waals surface area (Å²) in [6.45, 7) is 2.11. The van der Waals surface area contributed by atoms with Crippen LogP contribution in [-0.2, 0) is 4.79 Å². The zero-order chi connectivity index (χ0) is 14.2. The fraction of sp³-hybridized carbons (Fsp3) is 0.385. The Hall–Kier alpha value is -2.11. The minimum absolute atomic E-state index is 0.0747. The Labute approximate surface area is 109 Å². The highest BCUT2D eigenvalue weighted by atomic mass is 19.1. The molecule has 2 N–H and O–H groups in total. The molecule has 1 aromatic carbocycles. The van der Waals surface area contributed by atoms with Gasteiger partial charge in [0.2, 0.25) is 0 Å². The van der Waals surface area contributed by atoms with Crippen LogP contribution >= 0.6 is 0 Å². The third kappa shape index (κ3) is 2.52. The van der Waals surface area contributed by atoms with Gasteiger partial charge >= 0.3 is 5.97 Å². The van der Waals surface area contributed by atoms with E-state index < -0.39 is 23.6 Å². The molecule has 0 radical (unpaired) electrons. The largest absolute Gasteiger partial charge is 0.507 e. The molecule has 6 heteroatoms. The van der Waals surface area contributed by atoms with Crippen LogP contribution < -0.4 is 0 Å². The number of carboxylic acids is 1. The summed E-state index contributed by atoms with van der Waals surface area (Å²) in [6, 6.07) is 3.12. The highest BCUT2D eigenvalue weighted by Crippen LogP contribution is 2.27. The van der Waals surface area contributed by atoms with Gasteiger partial charge in [0.25, 0.3) is 5.91 Å². The van der Waals surface area contributed by atoms with Crippen LogP contribution in [0.4, 0.5) is 4.39 Å². The first-order valence-electron chi connectivity index (χ1n) is 5.90. The van der Waals surface area contributed by atoms with Gasteiger partial charge in [0.15, 0.2) is 0 Å². The van der Waals surface area contributed by atoms with E-state index in [0.29, 0.717) is 0 Å². The van der Waals surface area contributed by atoms with Crippen molar-refractivity contribution in [2.45, 2.75) is 6.92 Å². The fourth-order valence-corrected chi connectivity index (χ4v) is 2.30. The molecular formula is C13H14FNO4. The summed E-state index contributed by atoms with van der Waals surface area (Å²) in [6.07, 6.45) is 0. The number of phenols is 1. The van der Waals surface area contributed by atoms with E-state index in [-0.39, 0.29) is 30.3 Å². The summed E-state index contributed by atoms with van der Waals surface area (Å²) in [7, 11) is 0. The van der Waals surface area contributed by atoms with Crippen LogP contribution in [0.2, 0.25) is 0 Å². The molecule has 2 atom stereocenters. The van der Waals surface area contributed by atoms with Crippen molar-refractivity contribution in [3.8, 4) is 5.75 Å². The molecular weight excluding hydrogens is 253 g/mol. The van der Waals surface area contributed by atoms with Crippen LogP contribution in [0.25, 0.3) is 0 Å². The number of rotatable bonds is 2. The molecule has 0 aliphatic carbocycles. The quantitative estimate of drug-likeness (QED) is 0.847. The SMILES string of the molecule is CC1CN(C(=O)c2cc(F)ccc2O)CC1C(=O)O. The Bertz CT molecular complexity index is 531. The number of hydrogen-bond donors (Lipinski definition) is 2. The number of amides is 1. The van der Waals surface area contributed by atoms with Crippen molar-refractivity contribution >= 4 is 11.9 Å². The summed E-state index contributed by atoms with van der Waals surface area (Å²) < 4.78 is 13.1. The van der Waals surface area contributed by atoms with Crippen molar-refractivity contribution in [1.82, 2.24) is 4.90 Å². The number of halogens is 1. The second-order valence-electron chi connectivity index (χ2n) is 4.79. The summed E-state index contributed by atoms with van der Waals surface area (Å²) in [5.41, 5.74) is -0.141. The average Bonchev–Trinajstić information content (AvgIpc) is 2.74. The van der Waals surface area contributed by atoms with Gasteiger partial charge in [-0.3, -0.25) is 9.59 Å². The van der Waals surface area contributed by atoms with Crippen LogP contribution in [0.15, 0.2) is 18.2 Å². The van der Waals surface area contributed by atoms with Crippen molar-refractivity contribution in [2.75, 3.05) is 13.1 Å². The molecule has 2 unspecified atom stereocenters. The van der Waals surface area contributed by atoms with Gasteiger partial charge in [-0.2, -0.15) is 0 Å². The minimum atomic E-state index is -0.953. The van der Waals surface area contributed by atoms with Crippen molar-refractivity contribution in [3.05, 3.63) is 29.6 Å². The van der Waals surface area contributed by atoms with Crippen LogP contribution in [0.5, 0.6) is 5.75 Å². The van der Waals surface area contributed by atoms with Gasteiger partial charge in [-0.1, -0.05) is 6.92 Å². The van der Waals surface area contributed by atoms with E-state index in [0.717, 1.165) is 18.2 Å². The first-order valence-corrected chi connectivity index (χ1v) is 5.90. The number of carbonyl (C=O) groups excluding carboxylic acids is 1. The van der Waals surface area contributed by atoms with Gasteiger partial charge < -0.3 is 15.1 Å². The molecule has 5 nitrogen and oxygen atoms in total. The highest BCUT2D eigenvalue weighted by Gasteiger charge is 2.37. The maximum atomic E-state index is 13.1. The lowest BCUT2D eigenvalue weighted by Crippen LogP contribution is -2.30. The predicted molar refractivity (Wildman–Crippen MR) is 64.3 cm³/mol. The second-order valence-corrected chi connectivity index (χ2v) is 4.79. The van der Waals surface area contributed by atoms with Crippen LogP contribution in [0.1, 0.15) is 17.3 Å². The Morgan fingerprint density at radius 3 is 2.63 bits per heavy atom. The molecule has 1 heterocycles.